The Labute approximate surface area is 190 Å². The van der Waals surface area contributed by atoms with Gasteiger partial charge in [-0.3, -0.25) is 14.5 Å². The number of rotatable bonds is 7. The van der Waals surface area contributed by atoms with E-state index in [0.29, 0.717) is 11.1 Å². The molecule has 0 aromatic heterocycles. The Balaban J connectivity index is 1.45. The quantitative estimate of drug-likeness (QED) is 0.433. The van der Waals surface area contributed by atoms with Gasteiger partial charge < -0.3 is 14.2 Å². The number of morpholine rings is 1. The highest BCUT2D eigenvalue weighted by atomic mass is 32.2. The van der Waals surface area contributed by atoms with Gasteiger partial charge in [0.25, 0.3) is 11.8 Å². The maximum Gasteiger partial charge on any atom is 0.338 e. The lowest BCUT2D eigenvalue weighted by atomic mass is 10.1. The van der Waals surface area contributed by atoms with E-state index >= 15 is 0 Å². The summed E-state index contributed by atoms with van der Waals surface area (Å²) < 4.78 is 43.0. The molecule has 10 nitrogen and oxygen atoms in total. The first-order valence-electron chi connectivity index (χ1n) is 10.2. The molecule has 1 saturated heterocycles. The van der Waals surface area contributed by atoms with Crippen LogP contribution in [0.5, 0.6) is 5.75 Å². The van der Waals surface area contributed by atoms with Crippen molar-refractivity contribution in [2.75, 3.05) is 46.6 Å². The summed E-state index contributed by atoms with van der Waals surface area (Å²) >= 11 is 0. The Morgan fingerprint density at radius 1 is 1.03 bits per heavy atom. The van der Waals surface area contributed by atoms with Gasteiger partial charge in [0.15, 0.2) is 0 Å². The van der Waals surface area contributed by atoms with E-state index in [1.54, 1.807) is 24.3 Å². The molecule has 33 heavy (non-hydrogen) atoms. The Morgan fingerprint density at radius 2 is 1.67 bits per heavy atom. The second kappa shape index (κ2) is 9.30. The maximum absolute atomic E-state index is 13.1. The number of benzene rings is 2. The molecular weight excluding hydrogens is 452 g/mol. The zero-order valence-corrected chi connectivity index (χ0v) is 18.7. The molecule has 1 fully saturated rings. The molecule has 2 aromatic carbocycles. The van der Waals surface area contributed by atoms with Crippen molar-refractivity contribution in [3.05, 3.63) is 59.2 Å². The first-order valence-corrected chi connectivity index (χ1v) is 11.7. The summed E-state index contributed by atoms with van der Waals surface area (Å²) in [5.74, 6) is -1.58. The molecule has 2 aliphatic heterocycles. The molecule has 0 bridgehead atoms. The fourth-order valence-electron chi connectivity index (χ4n) is 3.69. The number of hydrogen-bond acceptors (Lipinski definition) is 8. The largest absolute Gasteiger partial charge is 0.495 e. The number of hydrogen-bond donors (Lipinski definition) is 0. The van der Waals surface area contributed by atoms with Crippen LogP contribution in [0.1, 0.15) is 31.1 Å². The number of sulfonamides is 1. The number of carbonyl (C=O) groups excluding carboxylic acids is 3. The van der Waals surface area contributed by atoms with Crippen LogP contribution in [0.15, 0.2) is 47.4 Å². The smallest absolute Gasteiger partial charge is 0.338 e. The van der Waals surface area contributed by atoms with Gasteiger partial charge in [-0.05, 0) is 30.3 Å². The molecule has 2 aromatic rings. The van der Waals surface area contributed by atoms with Gasteiger partial charge in [-0.2, -0.15) is 4.31 Å². The first kappa shape index (κ1) is 22.9. The molecule has 0 spiro atoms. The van der Waals surface area contributed by atoms with Crippen molar-refractivity contribution in [1.29, 1.82) is 0 Å². The second-order valence-electron chi connectivity index (χ2n) is 7.33. The molecule has 4 rings (SSSR count). The molecule has 0 radical (unpaired) electrons. The van der Waals surface area contributed by atoms with E-state index in [0.717, 1.165) is 4.90 Å². The molecule has 0 saturated carbocycles. The number of fused-ring (bicyclic) bond motifs is 1. The van der Waals surface area contributed by atoms with Gasteiger partial charge in [0, 0.05) is 13.1 Å². The lowest BCUT2D eigenvalue weighted by molar-refractivity contribution is 0.0420. The minimum Gasteiger partial charge on any atom is -0.495 e. The minimum atomic E-state index is -3.92. The highest BCUT2D eigenvalue weighted by Gasteiger charge is 2.35. The number of amides is 2. The summed E-state index contributed by atoms with van der Waals surface area (Å²) in [7, 11) is -2.58. The topological polar surface area (TPSA) is 120 Å². The first-order chi connectivity index (χ1) is 15.8. The fraction of sp³-hybridized carbons (Fsp3) is 0.318. The van der Waals surface area contributed by atoms with E-state index in [2.05, 4.69) is 0 Å². The lowest BCUT2D eigenvalue weighted by Crippen LogP contribution is -2.40. The average Bonchev–Trinajstić information content (AvgIpc) is 3.09. The molecule has 2 aliphatic rings. The van der Waals surface area contributed by atoms with Gasteiger partial charge in [0.1, 0.15) is 17.3 Å². The van der Waals surface area contributed by atoms with Gasteiger partial charge in [0.2, 0.25) is 10.0 Å². The van der Waals surface area contributed by atoms with Crippen LogP contribution in [0.2, 0.25) is 0 Å². The lowest BCUT2D eigenvalue weighted by Gasteiger charge is -2.26. The summed E-state index contributed by atoms with van der Waals surface area (Å²) in [5, 5.41) is 0. The standard InChI is InChI=1S/C22H22N2O8S/c1-30-18-7-6-15(14-19(18)33(28,29)23-8-11-31-12-9-23)22(27)32-13-10-24-20(25)16-4-2-3-5-17(16)21(24)26/h2-7,14H,8-13H2,1H3. The zero-order valence-electron chi connectivity index (χ0n) is 17.9. The van der Waals surface area contributed by atoms with Crippen LogP contribution in [0.25, 0.3) is 0 Å². The number of esters is 1. The van der Waals surface area contributed by atoms with Crippen molar-refractivity contribution >= 4 is 27.8 Å². The van der Waals surface area contributed by atoms with Crippen LogP contribution in [-0.4, -0.2) is 82.0 Å². The molecule has 0 atom stereocenters. The van der Waals surface area contributed by atoms with Gasteiger partial charge in [0.05, 0.1) is 43.6 Å². The summed E-state index contributed by atoms with van der Waals surface area (Å²) in [6, 6.07) is 10.4. The monoisotopic (exact) mass is 474 g/mol. The van der Waals surface area contributed by atoms with E-state index in [1.807, 2.05) is 0 Å². The van der Waals surface area contributed by atoms with Crippen molar-refractivity contribution in [2.45, 2.75) is 4.90 Å². The number of imide groups is 1. The predicted molar refractivity (Wildman–Crippen MR) is 115 cm³/mol. The maximum atomic E-state index is 13.1. The highest BCUT2D eigenvalue weighted by molar-refractivity contribution is 7.89. The van der Waals surface area contributed by atoms with E-state index in [1.165, 1.54) is 29.6 Å². The summed E-state index contributed by atoms with van der Waals surface area (Å²) in [5.41, 5.74) is 0.619. The molecule has 0 aliphatic carbocycles. The third kappa shape index (κ3) is 4.34. The van der Waals surface area contributed by atoms with Crippen molar-refractivity contribution in [1.82, 2.24) is 9.21 Å². The molecule has 174 valence electrons. The summed E-state index contributed by atoms with van der Waals surface area (Å²) in [4.78, 5) is 38.2. The van der Waals surface area contributed by atoms with Crippen molar-refractivity contribution < 1.29 is 37.0 Å². The Bertz CT molecular complexity index is 1170. The van der Waals surface area contributed by atoms with E-state index < -0.39 is 27.8 Å². The van der Waals surface area contributed by atoms with Crippen LogP contribution in [-0.2, 0) is 19.5 Å². The van der Waals surface area contributed by atoms with Gasteiger partial charge in [-0.25, -0.2) is 13.2 Å². The van der Waals surface area contributed by atoms with Crippen molar-refractivity contribution in [3.63, 3.8) is 0 Å². The zero-order chi connectivity index (χ0) is 23.6. The third-order valence-electron chi connectivity index (χ3n) is 5.41. The highest BCUT2D eigenvalue weighted by Crippen LogP contribution is 2.29. The normalized spacial score (nSPS) is 16.6. The molecule has 11 heteroatoms. The van der Waals surface area contributed by atoms with Crippen LogP contribution in [0.3, 0.4) is 0 Å². The Kier molecular flexibility index (Phi) is 6.45. The average molecular weight is 474 g/mol. The Hall–Kier alpha value is -3.28. The van der Waals surface area contributed by atoms with Gasteiger partial charge in [-0.15, -0.1) is 0 Å². The minimum absolute atomic E-state index is 0.00463. The van der Waals surface area contributed by atoms with Crippen molar-refractivity contribution in [3.8, 4) is 5.75 Å². The summed E-state index contributed by atoms with van der Waals surface area (Å²) in [6.45, 7) is 0.595. The molecule has 2 amide bonds. The Morgan fingerprint density at radius 3 is 2.27 bits per heavy atom. The predicted octanol–water partition coefficient (Wildman–Crippen LogP) is 1.17. The second-order valence-corrected chi connectivity index (χ2v) is 9.23. The third-order valence-corrected chi connectivity index (χ3v) is 7.33. The number of ether oxygens (including phenoxy) is 3. The van der Waals surface area contributed by atoms with Crippen LogP contribution < -0.4 is 4.74 Å². The van der Waals surface area contributed by atoms with Crippen LogP contribution in [0, 0.1) is 0 Å². The van der Waals surface area contributed by atoms with Gasteiger partial charge >= 0.3 is 5.97 Å². The molecule has 0 N–H and O–H groups in total. The number of methoxy groups -OCH3 is 1. The molecule has 2 heterocycles. The van der Waals surface area contributed by atoms with E-state index in [9.17, 15) is 22.8 Å². The SMILES string of the molecule is COc1ccc(C(=O)OCCN2C(=O)c3ccccc3C2=O)cc1S(=O)(=O)N1CCOCC1. The van der Waals surface area contributed by atoms with Crippen LogP contribution >= 0.6 is 0 Å². The van der Waals surface area contributed by atoms with E-state index in [4.69, 9.17) is 14.2 Å². The van der Waals surface area contributed by atoms with Crippen LogP contribution in [0.4, 0.5) is 0 Å². The van der Waals surface area contributed by atoms with Gasteiger partial charge in [-0.1, -0.05) is 12.1 Å². The molecular formula is C22H22N2O8S. The fourth-order valence-corrected chi connectivity index (χ4v) is 5.28. The van der Waals surface area contributed by atoms with Crippen molar-refractivity contribution in [2.24, 2.45) is 0 Å². The summed E-state index contributed by atoms with van der Waals surface area (Å²) in [6.07, 6.45) is 0. The number of nitrogens with zero attached hydrogens (tertiary/aromatic N) is 2. The number of carbonyl (C=O) groups is 3. The van der Waals surface area contributed by atoms with E-state index in [-0.39, 0.29) is 55.7 Å². The molecule has 0 unspecified atom stereocenters.